The SMILES string of the molecule is C=CC1=C(/C=C\C)C=Cc2cc(-c3ccc4c(c3)C=CC(/C=C\C)=C(C=C)B4C)ccc2B1C. The molecule has 2 aliphatic heterocycles. The van der Waals surface area contributed by atoms with Crippen molar-refractivity contribution in [2.75, 3.05) is 0 Å². The van der Waals surface area contributed by atoms with E-state index in [-0.39, 0.29) is 0 Å². The maximum absolute atomic E-state index is 4.08. The molecule has 0 atom stereocenters. The Morgan fingerprint density at radius 2 is 1.03 bits per heavy atom. The molecule has 0 saturated heterocycles. The standard InChI is InChI=1S/C32H32B2/c1-7-11-23-13-15-27-21-25(17-19-31(27)33(5)29(23)9-3)26-18-20-32-28(22-26)16-14-24(12-8-2)30(10-4)34(32)6/h7-22H,3-4H2,1-2,5-6H3/b11-7-,12-8-. The van der Waals surface area contributed by atoms with Crippen LogP contribution in [0.4, 0.5) is 0 Å². The van der Waals surface area contributed by atoms with E-state index in [1.54, 1.807) is 0 Å². The normalized spacial score (nSPS) is 15.6. The Bertz CT molecular complexity index is 1220. The van der Waals surface area contributed by atoms with Crippen LogP contribution in [0, 0.1) is 0 Å². The van der Waals surface area contributed by atoms with Gasteiger partial charge in [0, 0.05) is 0 Å². The van der Waals surface area contributed by atoms with Crippen LogP contribution in [0.5, 0.6) is 0 Å². The fourth-order valence-corrected chi connectivity index (χ4v) is 5.22. The number of hydrogen-bond acceptors (Lipinski definition) is 0. The van der Waals surface area contributed by atoms with Crippen molar-refractivity contribution in [2.24, 2.45) is 0 Å². The zero-order valence-electron chi connectivity index (χ0n) is 20.8. The van der Waals surface area contributed by atoms with Gasteiger partial charge in [0.25, 0.3) is 0 Å². The molecule has 2 aromatic carbocycles. The molecule has 0 N–H and O–H groups in total. The van der Waals surface area contributed by atoms with Crippen molar-refractivity contribution in [1.82, 2.24) is 0 Å². The minimum absolute atomic E-state index is 0.298. The van der Waals surface area contributed by atoms with Crippen molar-refractivity contribution in [1.29, 1.82) is 0 Å². The van der Waals surface area contributed by atoms with Gasteiger partial charge in [-0.2, -0.15) is 0 Å². The van der Waals surface area contributed by atoms with Crippen molar-refractivity contribution in [3.8, 4) is 11.1 Å². The topological polar surface area (TPSA) is 0 Å². The third-order valence-electron chi connectivity index (χ3n) is 7.06. The maximum Gasteiger partial charge on any atom is 0.207 e. The second-order valence-corrected chi connectivity index (χ2v) is 9.03. The van der Waals surface area contributed by atoms with Crippen molar-refractivity contribution < 1.29 is 0 Å². The molecular formula is C32H32B2. The first-order valence-electron chi connectivity index (χ1n) is 12.1. The Morgan fingerprint density at radius 1 is 0.618 bits per heavy atom. The summed E-state index contributed by atoms with van der Waals surface area (Å²) in [6, 6.07) is 13.7. The lowest BCUT2D eigenvalue weighted by molar-refractivity contribution is 1.61. The summed E-state index contributed by atoms with van der Waals surface area (Å²) in [5.74, 6) is 0. The van der Waals surface area contributed by atoms with Gasteiger partial charge in [-0.25, -0.2) is 0 Å². The minimum atomic E-state index is 0.298. The molecule has 0 nitrogen and oxygen atoms in total. The highest BCUT2D eigenvalue weighted by Crippen LogP contribution is 2.27. The van der Waals surface area contributed by atoms with Gasteiger partial charge in [-0.15, -0.1) is 0 Å². The van der Waals surface area contributed by atoms with Gasteiger partial charge in [0.05, 0.1) is 0 Å². The summed E-state index contributed by atoms with van der Waals surface area (Å²) in [6.07, 6.45) is 21.5. The van der Waals surface area contributed by atoms with Crippen LogP contribution < -0.4 is 10.9 Å². The molecule has 0 spiro atoms. The van der Waals surface area contributed by atoms with Crippen LogP contribution in [-0.2, 0) is 0 Å². The van der Waals surface area contributed by atoms with E-state index in [9.17, 15) is 0 Å². The van der Waals surface area contributed by atoms with Crippen LogP contribution in [0.1, 0.15) is 25.0 Å². The second kappa shape index (κ2) is 10.2. The Balaban J connectivity index is 1.76. The van der Waals surface area contributed by atoms with E-state index in [4.69, 9.17) is 0 Å². The predicted octanol–water partition coefficient (Wildman–Crippen LogP) is 7.27. The average Bonchev–Trinajstić information content (AvgIpc) is 3.07. The molecule has 0 amide bonds. The lowest BCUT2D eigenvalue weighted by Gasteiger charge is -2.16. The Kier molecular flexibility index (Phi) is 7.08. The van der Waals surface area contributed by atoms with Gasteiger partial charge in [0.15, 0.2) is 0 Å². The quantitative estimate of drug-likeness (QED) is 0.431. The molecule has 2 aliphatic rings. The molecule has 166 valence electrons. The van der Waals surface area contributed by atoms with Crippen molar-refractivity contribution in [3.63, 3.8) is 0 Å². The molecule has 4 rings (SSSR count). The van der Waals surface area contributed by atoms with Crippen LogP contribution in [0.2, 0.25) is 13.6 Å². The molecule has 2 aromatic rings. The average molecular weight is 438 g/mol. The molecule has 2 heteroatoms. The third-order valence-corrected chi connectivity index (χ3v) is 7.06. The molecule has 2 heterocycles. The van der Waals surface area contributed by atoms with E-state index >= 15 is 0 Å². The first-order chi connectivity index (χ1) is 16.5. The highest BCUT2D eigenvalue weighted by molar-refractivity contribution is 6.80. The van der Waals surface area contributed by atoms with Crippen LogP contribution in [-0.4, -0.2) is 13.4 Å². The highest BCUT2D eigenvalue weighted by atomic mass is 14.1. The van der Waals surface area contributed by atoms with Gasteiger partial charge in [-0.05, 0) is 59.4 Å². The van der Waals surface area contributed by atoms with Gasteiger partial charge in [0.2, 0.25) is 13.4 Å². The van der Waals surface area contributed by atoms with Crippen molar-refractivity contribution in [2.45, 2.75) is 27.5 Å². The molecule has 34 heavy (non-hydrogen) atoms. The second-order valence-electron chi connectivity index (χ2n) is 9.03. The van der Waals surface area contributed by atoms with E-state index in [0.717, 1.165) is 0 Å². The number of allylic oxidation sites excluding steroid dienone is 12. The Morgan fingerprint density at radius 3 is 1.38 bits per heavy atom. The number of rotatable bonds is 5. The van der Waals surface area contributed by atoms with Crippen LogP contribution >= 0.6 is 0 Å². The maximum atomic E-state index is 4.08. The first kappa shape index (κ1) is 23.6. The first-order valence-corrected chi connectivity index (χ1v) is 12.1. The van der Waals surface area contributed by atoms with Crippen LogP contribution in [0.15, 0.2) is 120 Å². The molecule has 0 aromatic heterocycles. The number of fused-ring (bicyclic) bond motifs is 2. The van der Waals surface area contributed by atoms with E-state index < -0.39 is 0 Å². The van der Waals surface area contributed by atoms with Gasteiger partial charge in [-0.1, -0.05) is 134 Å². The molecule has 0 unspecified atom stereocenters. The zero-order chi connectivity index (χ0) is 24.2. The molecule has 0 saturated carbocycles. The molecule has 0 aliphatic carbocycles. The van der Waals surface area contributed by atoms with Crippen LogP contribution in [0.3, 0.4) is 0 Å². The fraction of sp³-hybridized carbons (Fsp3) is 0.125. The van der Waals surface area contributed by atoms with Crippen molar-refractivity contribution in [3.05, 3.63) is 131 Å². The largest absolute Gasteiger partial charge is 0.207 e. The van der Waals surface area contributed by atoms with Crippen molar-refractivity contribution >= 4 is 36.5 Å². The smallest absolute Gasteiger partial charge is 0.0996 e. The Labute approximate surface area is 206 Å². The summed E-state index contributed by atoms with van der Waals surface area (Å²) in [7, 11) is 0. The summed E-state index contributed by atoms with van der Waals surface area (Å²) in [6.45, 7) is 17.4. The minimum Gasteiger partial charge on any atom is -0.0996 e. The van der Waals surface area contributed by atoms with E-state index in [0.29, 0.717) is 13.4 Å². The van der Waals surface area contributed by atoms with Gasteiger partial charge < -0.3 is 0 Å². The molecule has 0 fully saturated rings. The number of benzene rings is 2. The Hall–Kier alpha value is -3.51. The lowest BCUT2D eigenvalue weighted by atomic mass is 9.40. The van der Waals surface area contributed by atoms with Gasteiger partial charge in [0.1, 0.15) is 0 Å². The highest BCUT2D eigenvalue weighted by Gasteiger charge is 2.23. The lowest BCUT2D eigenvalue weighted by Crippen LogP contribution is -2.31. The fourth-order valence-electron chi connectivity index (χ4n) is 5.22. The number of hydrogen-bond donors (Lipinski definition) is 0. The molecular weight excluding hydrogens is 406 g/mol. The van der Waals surface area contributed by atoms with E-state index in [1.165, 1.54) is 55.3 Å². The summed E-state index contributed by atoms with van der Waals surface area (Å²) >= 11 is 0. The zero-order valence-corrected chi connectivity index (χ0v) is 20.8. The van der Waals surface area contributed by atoms with Gasteiger partial charge in [-0.3, -0.25) is 0 Å². The van der Waals surface area contributed by atoms with E-state index in [1.807, 2.05) is 12.2 Å². The van der Waals surface area contributed by atoms with E-state index in [2.05, 4.69) is 126 Å². The predicted molar refractivity (Wildman–Crippen MR) is 157 cm³/mol. The molecule has 0 radical (unpaired) electrons. The summed E-state index contributed by atoms with van der Waals surface area (Å²) in [4.78, 5) is 0. The summed E-state index contributed by atoms with van der Waals surface area (Å²) in [5, 5.41) is 0. The monoisotopic (exact) mass is 438 g/mol. The summed E-state index contributed by atoms with van der Waals surface area (Å²) in [5.41, 5.74) is 12.7. The third kappa shape index (κ3) is 4.33. The van der Waals surface area contributed by atoms with Gasteiger partial charge >= 0.3 is 0 Å². The summed E-state index contributed by atoms with van der Waals surface area (Å²) < 4.78 is 0. The van der Waals surface area contributed by atoms with Crippen LogP contribution in [0.25, 0.3) is 23.3 Å². The molecule has 0 bridgehead atoms.